The highest BCUT2D eigenvalue weighted by Gasteiger charge is 2.04. The smallest absolute Gasteiger partial charge is 0.186 e. The van der Waals surface area contributed by atoms with Crippen LogP contribution in [0.25, 0.3) is 0 Å². The minimum Gasteiger partial charge on any atom is -0.370 e. The topological polar surface area (TPSA) is 64.4 Å². The average Bonchev–Trinajstić information content (AvgIpc) is 2.03. The third kappa shape index (κ3) is 2.69. The Labute approximate surface area is 83.8 Å². The number of hydrogen-bond donors (Lipinski definition) is 2. The number of halogens is 2. The molecule has 4 N–H and O–H groups in total. The molecule has 0 heterocycles. The Morgan fingerprint density at radius 3 is 2.69 bits per heavy atom. The lowest BCUT2D eigenvalue weighted by molar-refractivity contribution is 0.609. The SMILES string of the molecule is NC(N)=NCc1c(F)cccc1Br. The van der Waals surface area contributed by atoms with E-state index in [-0.39, 0.29) is 18.3 Å². The Kier molecular flexibility index (Phi) is 3.25. The third-order valence-corrected chi connectivity index (χ3v) is 2.22. The van der Waals surface area contributed by atoms with Crippen molar-refractivity contribution in [3.8, 4) is 0 Å². The van der Waals surface area contributed by atoms with E-state index in [0.717, 1.165) is 0 Å². The second-order valence-corrected chi connectivity index (χ2v) is 3.30. The normalized spacial score (nSPS) is 9.69. The summed E-state index contributed by atoms with van der Waals surface area (Å²) in [5.41, 5.74) is 10.7. The summed E-state index contributed by atoms with van der Waals surface area (Å²) >= 11 is 3.21. The molecule has 0 amide bonds. The van der Waals surface area contributed by atoms with E-state index < -0.39 is 0 Å². The zero-order chi connectivity index (χ0) is 9.84. The Hall–Kier alpha value is -1.10. The fraction of sp³-hybridized carbons (Fsp3) is 0.125. The molecule has 0 aliphatic heterocycles. The van der Waals surface area contributed by atoms with E-state index in [1.807, 2.05) is 0 Å². The number of nitrogens with zero attached hydrogens (tertiary/aromatic N) is 1. The molecule has 0 fully saturated rings. The van der Waals surface area contributed by atoms with E-state index in [1.54, 1.807) is 12.1 Å². The van der Waals surface area contributed by atoms with Gasteiger partial charge in [-0.2, -0.15) is 0 Å². The van der Waals surface area contributed by atoms with E-state index in [2.05, 4.69) is 20.9 Å². The van der Waals surface area contributed by atoms with Crippen LogP contribution in [0.4, 0.5) is 4.39 Å². The minimum absolute atomic E-state index is 0.0462. The van der Waals surface area contributed by atoms with Crippen molar-refractivity contribution >= 4 is 21.9 Å². The first-order chi connectivity index (χ1) is 6.11. The molecule has 13 heavy (non-hydrogen) atoms. The van der Waals surface area contributed by atoms with E-state index in [1.165, 1.54) is 6.07 Å². The zero-order valence-corrected chi connectivity index (χ0v) is 8.38. The molecule has 0 aliphatic rings. The van der Waals surface area contributed by atoms with Gasteiger partial charge in [0, 0.05) is 10.0 Å². The van der Waals surface area contributed by atoms with E-state index in [4.69, 9.17) is 11.5 Å². The van der Waals surface area contributed by atoms with Crippen molar-refractivity contribution in [2.45, 2.75) is 6.54 Å². The van der Waals surface area contributed by atoms with Gasteiger partial charge in [-0.1, -0.05) is 22.0 Å². The van der Waals surface area contributed by atoms with Crippen LogP contribution in [0.2, 0.25) is 0 Å². The third-order valence-electron chi connectivity index (χ3n) is 1.48. The highest BCUT2D eigenvalue weighted by Crippen LogP contribution is 2.20. The van der Waals surface area contributed by atoms with Crippen LogP contribution in [0.1, 0.15) is 5.56 Å². The lowest BCUT2D eigenvalue weighted by Gasteiger charge is -2.02. The maximum Gasteiger partial charge on any atom is 0.186 e. The summed E-state index contributed by atoms with van der Waals surface area (Å²) in [6.45, 7) is 0.148. The summed E-state index contributed by atoms with van der Waals surface area (Å²) in [6.07, 6.45) is 0. The van der Waals surface area contributed by atoms with Crippen LogP contribution in [-0.4, -0.2) is 5.96 Å². The molecule has 0 aliphatic carbocycles. The molecule has 0 saturated heterocycles. The van der Waals surface area contributed by atoms with E-state index in [9.17, 15) is 4.39 Å². The Balaban J connectivity index is 2.94. The quantitative estimate of drug-likeness (QED) is 0.611. The first-order valence-electron chi connectivity index (χ1n) is 3.59. The Bertz CT molecular complexity index is 314. The monoisotopic (exact) mass is 245 g/mol. The first kappa shape index (κ1) is 9.98. The van der Waals surface area contributed by atoms with Crippen molar-refractivity contribution in [3.63, 3.8) is 0 Å². The van der Waals surface area contributed by atoms with Gasteiger partial charge in [0.1, 0.15) is 5.82 Å². The van der Waals surface area contributed by atoms with Gasteiger partial charge in [-0.15, -0.1) is 0 Å². The number of benzene rings is 1. The van der Waals surface area contributed by atoms with Crippen LogP contribution in [0.3, 0.4) is 0 Å². The molecule has 0 spiro atoms. The zero-order valence-electron chi connectivity index (χ0n) is 6.80. The van der Waals surface area contributed by atoms with Gasteiger partial charge in [-0.25, -0.2) is 9.38 Å². The van der Waals surface area contributed by atoms with Crippen molar-refractivity contribution in [3.05, 3.63) is 34.1 Å². The number of guanidine groups is 1. The summed E-state index contributed by atoms with van der Waals surface area (Å²) in [4.78, 5) is 3.72. The molecule has 0 unspecified atom stereocenters. The fourth-order valence-electron chi connectivity index (χ4n) is 0.854. The van der Waals surface area contributed by atoms with Gasteiger partial charge in [-0.05, 0) is 12.1 Å². The van der Waals surface area contributed by atoms with Gasteiger partial charge in [0.05, 0.1) is 6.54 Å². The van der Waals surface area contributed by atoms with Crippen LogP contribution in [0.5, 0.6) is 0 Å². The van der Waals surface area contributed by atoms with Crippen molar-refractivity contribution in [1.29, 1.82) is 0 Å². The predicted octanol–water partition coefficient (Wildman–Crippen LogP) is 1.36. The van der Waals surface area contributed by atoms with Crippen molar-refractivity contribution in [2.75, 3.05) is 0 Å². The lowest BCUT2D eigenvalue weighted by Crippen LogP contribution is -2.22. The summed E-state index contributed by atoms with van der Waals surface area (Å²) < 4.78 is 13.8. The van der Waals surface area contributed by atoms with Crippen molar-refractivity contribution < 1.29 is 4.39 Å². The maximum absolute atomic E-state index is 13.1. The summed E-state index contributed by atoms with van der Waals surface area (Å²) in [7, 11) is 0. The molecule has 70 valence electrons. The fourth-order valence-corrected chi connectivity index (χ4v) is 1.32. The molecular weight excluding hydrogens is 237 g/mol. The van der Waals surface area contributed by atoms with Gasteiger partial charge < -0.3 is 11.5 Å². The van der Waals surface area contributed by atoms with Gasteiger partial charge in [0.25, 0.3) is 0 Å². The second-order valence-electron chi connectivity index (χ2n) is 2.44. The van der Waals surface area contributed by atoms with Crippen molar-refractivity contribution in [1.82, 2.24) is 0 Å². The van der Waals surface area contributed by atoms with Crippen molar-refractivity contribution in [2.24, 2.45) is 16.5 Å². The summed E-state index contributed by atoms with van der Waals surface area (Å²) in [5, 5.41) is 0. The maximum atomic E-state index is 13.1. The van der Waals surface area contributed by atoms with Gasteiger partial charge >= 0.3 is 0 Å². The van der Waals surface area contributed by atoms with Crippen LogP contribution in [-0.2, 0) is 6.54 Å². The molecule has 0 aromatic heterocycles. The number of rotatable bonds is 2. The molecule has 0 saturated carbocycles. The number of aliphatic imine (C=N–C) groups is 1. The molecule has 1 aromatic carbocycles. The number of nitrogens with two attached hydrogens (primary N) is 2. The predicted molar refractivity (Wildman–Crippen MR) is 53.6 cm³/mol. The molecule has 1 rings (SSSR count). The molecular formula is C8H9BrFN3. The molecule has 1 aromatic rings. The molecule has 3 nitrogen and oxygen atoms in total. The van der Waals surface area contributed by atoms with Gasteiger partial charge in [0.15, 0.2) is 5.96 Å². The van der Waals surface area contributed by atoms with Crippen LogP contribution in [0, 0.1) is 5.82 Å². The highest BCUT2D eigenvalue weighted by molar-refractivity contribution is 9.10. The molecule has 0 radical (unpaired) electrons. The lowest BCUT2D eigenvalue weighted by atomic mass is 10.2. The standard InChI is InChI=1S/C8H9BrFN3/c9-6-2-1-3-7(10)5(6)4-13-8(11)12/h1-3H,4H2,(H4,11,12,13). The molecule has 0 atom stereocenters. The van der Waals surface area contributed by atoms with Crippen LogP contribution in [0.15, 0.2) is 27.7 Å². The summed E-state index contributed by atoms with van der Waals surface area (Å²) in [5.74, 6) is -0.366. The van der Waals surface area contributed by atoms with E-state index >= 15 is 0 Å². The van der Waals surface area contributed by atoms with Gasteiger partial charge in [0.2, 0.25) is 0 Å². The van der Waals surface area contributed by atoms with E-state index in [0.29, 0.717) is 10.0 Å². The van der Waals surface area contributed by atoms with Crippen LogP contribution >= 0.6 is 15.9 Å². The average molecular weight is 246 g/mol. The Morgan fingerprint density at radius 1 is 1.46 bits per heavy atom. The molecule has 5 heteroatoms. The van der Waals surface area contributed by atoms with Gasteiger partial charge in [-0.3, -0.25) is 0 Å². The largest absolute Gasteiger partial charge is 0.370 e. The second kappa shape index (κ2) is 4.23. The summed E-state index contributed by atoms with van der Waals surface area (Å²) in [6, 6.07) is 4.71. The minimum atomic E-state index is -0.320. The first-order valence-corrected chi connectivity index (χ1v) is 4.39. The van der Waals surface area contributed by atoms with Crippen LogP contribution < -0.4 is 11.5 Å². The molecule has 0 bridgehead atoms. The highest BCUT2D eigenvalue weighted by atomic mass is 79.9. The Morgan fingerprint density at radius 2 is 2.15 bits per heavy atom. The number of hydrogen-bond acceptors (Lipinski definition) is 1.